The van der Waals surface area contributed by atoms with E-state index in [1.54, 1.807) is 41.9 Å². The van der Waals surface area contributed by atoms with Crippen molar-refractivity contribution in [2.24, 2.45) is 5.73 Å². The molecule has 1 atom stereocenters. The fourth-order valence-electron chi connectivity index (χ4n) is 3.69. The molecule has 0 bridgehead atoms. The largest absolute Gasteiger partial charge is 0.493 e. The van der Waals surface area contributed by atoms with Crippen molar-refractivity contribution in [2.75, 3.05) is 18.2 Å². The summed E-state index contributed by atoms with van der Waals surface area (Å²) in [7, 11) is 1.52. The minimum atomic E-state index is -0.591. The molecule has 0 fully saturated rings. The van der Waals surface area contributed by atoms with Crippen molar-refractivity contribution in [3.8, 4) is 11.5 Å². The number of methoxy groups -OCH3 is 1. The number of rotatable bonds is 8. The van der Waals surface area contributed by atoms with Crippen LogP contribution in [0.2, 0.25) is 0 Å². The highest BCUT2D eigenvalue weighted by Crippen LogP contribution is 2.39. The number of anilines is 1. The first-order valence-electron chi connectivity index (χ1n) is 10.3. The van der Waals surface area contributed by atoms with E-state index in [1.807, 2.05) is 13.0 Å². The number of amides is 1. The van der Waals surface area contributed by atoms with Crippen LogP contribution in [0.5, 0.6) is 11.5 Å². The highest BCUT2D eigenvalue weighted by molar-refractivity contribution is 7.99. The second kappa shape index (κ2) is 9.53. The maximum Gasteiger partial charge on any atom is 0.248 e. The van der Waals surface area contributed by atoms with Crippen LogP contribution in [0.15, 0.2) is 58.9 Å². The van der Waals surface area contributed by atoms with Gasteiger partial charge in [0, 0.05) is 11.3 Å². The van der Waals surface area contributed by atoms with Crippen molar-refractivity contribution in [1.82, 2.24) is 14.8 Å². The Morgan fingerprint density at radius 1 is 1.27 bits per heavy atom. The molecule has 2 aromatic carbocycles. The van der Waals surface area contributed by atoms with Gasteiger partial charge < -0.3 is 20.5 Å². The fraction of sp³-hybridized carbons (Fsp3) is 0.261. The molecular weight excluding hydrogens is 445 g/mol. The highest BCUT2D eigenvalue weighted by Gasteiger charge is 2.33. The van der Waals surface area contributed by atoms with Crippen LogP contribution in [-0.2, 0) is 11.4 Å². The van der Waals surface area contributed by atoms with Crippen LogP contribution in [0.3, 0.4) is 0 Å². The Hall–Kier alpha value is -3.53. The van der Waals surface area contributed by atoms with Crippen LogP contribution >= 0.6 is 11.8 Å². The third-order valence-electron chi connectivity index (χ3n) is 5.22. The van der Waals surface area contributed by atoms with Gasteiger partial charge in [0.1, 0.15) is 18.5 Å². The molecule has 1 aliphatic rings. The van der Waals surface area contributed by atoms with E-state index in [0.29, 0.717) is 39.4 Å². The summed E-state index contributed by atoms with van der Waals surface area (Å²) in [6.07, 6.45) is 0. The summed E-state index contributed by atoms with van der Waals surface area (Å²) in [5, 5.41) is 8.29. The van der Waals surface area contributed by atoms with Gasteiger partial charge in [-0.3, -0.25) is 4.79 Å². The number of ether oxygens (including phenoxy) is 2. The van der Waals surface area contributed by atoms with Crippen LogP contribution in [0.25, 0.3) is 0 Å². The van der Waals surface area contributed by atoms with Crippen molar-refractivity contribution in [3.05, 3.63) is 70.7 Å². The second-order valence-electron chi connectivity index (χ2n) is 7.32. The van der Waals surface area contributed by atoms with E-state index in [2.05, 4.69) is 15.4 Å². The van der Waals surface area contributed by atoms with Crippen molar-refractivity contribution in [3.63, 3.8) is 0 Å². The van der Waals surface area contributed by atoms with E-state index in [9.17, 15) is 9.18 Å². The lowest BCUT2D eigenvalue weighted by atomic mass is 9.95. The smallest absolute Gasteiger partial charge is 0.248 e. The Kier molecular flexibility index (Phi) is 6.55. The zero-order chi connectivity index (χ0) is 23.5. The molecule has 4 rings (SSSR count). The molecular formula is C23H24FN5O3S. The van der Waals surface area contributed by atoms with E-state index in [-0.39, 0.29) is 12.4 Å². The van der Waals surface area contributed by atoms with Gasteiger partial charge in [-0.2, -0.15) is 4.98 Å². The average molecular weight is 470 g/mol. The lowest BCUT2D eigenvalue weighted by Gasteiger charge is -2.28. The lowest BCUT2D eigenvalue weighted by molar-refractivity contribution is -0.115. The number of primary amides is 1. The van der Waals surface area contributed by atoms with Crippen LogP contribution in [-0.4, -0.2) is 33.5 Å². The van der Waals surface area contributed by atoms with E-state index < -0.39 is 11.9 Å². The Bertz CT molecular complexity index is 1230. The molecule has 0 spiro atoms. The first-order chi connectivity index (χ1) is 15.9. The molecule has 0 aliphatic carbocycles. The Balaban J connectivity index is 1.71. The van der Waals surface area contributed by atoms with Crippen LogP contribution < -0.4 is 20.5 Å². The van der Waals surface area contributed by atoms with Gasteiger partial charge in [-0.25, -0.2) is 9.07 Å². The molecule has 10 heteroatoms. The van der Waals surface area contributed by atoms with Gasteiger partial charge in [0.05, 0.1) is 12.7 Å². The zero-order valence-electron chi connectivity index (χ0n) is 18.5. The third kappa shape index (κ3) is 4.51. The minimum Gasteiger partial charge on any atom is -0.493 e. The number of nitrogens with zero attached hydrogens (tertiary/aromatic N) is 3. The normalized spacial score (nSPS) is 15.1. The number of aromatic nitrogens is 3. The molecule has 2 heterocycles. The Labute approximate surface area is 195 Å². The zero-order valence-corrected chi connectivity index (χ0v) is 19.3. The number of thioether (sulfide) groups is 1. The number of hydrogen-bond acceptors (Lipinski definition) is 7. The summed E-state index contributed by atoms with van der Waals surface area (Å²) >= 11 is 1.50. The number of halogens is 1. The van der Waals surface area contributed by atoms with Crippen molar-refractivity contribution < 1.29 is 18.7 Å². The number of hydrogen-bond donors (Lipinski definition) is 2. The molecule has 0 saturated heterocycles. The number of allylic oxidation sites excluding steroid dienone is 1. The quantitative estimate of drug-likeness (QED) is 0.482. The summed E-state index contributed by atoms with van der Waals surface area (Å²) in [6, 6.07) is 11.1. The Morgan fingerprint density at radius 3 is 2.76 bits per heavy atom. The second-order valence-corrected chi connectivity index (χ2v) is 8.55. The summed E-state index contributed by atoms with van der Waals surface area (Å²) in [6.45, 7) is 3.84. The van der Waals surface area contributed by atoms with Gasteiger partial charge in [0.15, 0.2) is 11.5 Å². The van der Waals surface area contributed by atoms with Crippen molar-refractivity contribution in [1.29, 1.82) is 0 Å². The summed E-state index contributed by atoms with van der Waals surface area (Å²) in [4.78, 5) is 16.9. The topological polar surface area (TPSA) is 104 Å². The standard InChI is InChI=1S/C23H24FN5O3S/c1-4-33-23-27-22-26-13(2)19(21(25)30)20(29(22)28-23)14-9-10-17(18(11-14)31-3)32-12-15-7-5-6-8-16(15)24/h5-11,20H,4,12H2,1-3H3,(H2,25,30)(H,26,27,28). The number of fused-ring (bicyclic) bond motifs is 1. The molecule has 1 aromatic heterocycles. The number of carbonyl (C=O) groups excluding carboxylic acids is 1. The van der Waals surface area contributed by atoms with Crippen LogP contribution in [0.1, 0.15) is 31.0 Å². The van der Waals surface area contributed by atoms with Crippen molar-refractivity contribution in [2.45, 2.75) is 31.7 Å². The van der Waals surface area contributed by atoms with Gasteiger partial charge in [-0.05, 0) is 36.4 Å². The summed E-state index contributed by atoms with van der Waals surface area (Å²) < 4.78 is 27.0. The monoisotopic (exact) mass is 469 g/mol. The lowest BCUT2D eigenvalue weighted by Crippen LogP contribution is -2.31. The first kappa shape index (κ1) is 22.7. The van der Waals surface area contributed by atoms with Gasteiger partial charge in [-0.15, -0.1) is 5.10 Å². The molecule has 1 aliphatic heterocycles. The van der Waals surface area contributed by atoms with E-state index in [4.69, 9.17) is 15.2 Å². The average Bonchev–Trinajstić information content (AvgIpc) is 3.19. The molecule has 33 heavy (non-hydrogen) atoms. The molecule has 172 valence electrons. The molecule has 0 radical (unpaired) electrons. The minimum absolute atomic E-state index is 0.0477. The summed E-state index contributed by atoms with van der Waals surface area (Å²) in [5.74, 6) is 1.32. The fourth-order valence-corrected chi connectivity index (χ4v) is 4.25. The number of carbonyl (C=O) groups is 1. The molecule has 1 amide bonds. The third-order valence-corrected chi connectivity index (χ3v) is 5.94. The number of nitrogens with one attached hydrogen (secondary N) is 1. The van der Waals surface area contributed by atoms with Gasteiger partial charge in [-0.1, -0.05) is 43.0 Å². The van der Waals surface area contributed by atoms with E-state index in [1.165, 1.54) is 24.9 Å². The molecule has 3 N–H and O–H groups in total. The van der Waals surface area contributed by atoms with Gasteiger partial charge in [0.2, 0.25) is 17.0 Å². The van der Waals surface area contributed by atoms with Crippen molar-refractivity contribution >= 4 is 23.6 Å². The highest BCUT2D eigenvalue weighted by atomic mass is 32.2. The Morgan fingerprint density at radius 2 is 2.06 bits per heavy atom. The van der Waals surface area contributed by atoms with Crippen LogP contribution in [0.4, 0.5) is 10.3 Å². The maximum atomic E-state index is 14.0. The van der Waals surface area contributed by atoms with E-state index >= 15 is 0 Å². The SMILES string of the molecule is CCSc1nc2n(n1)C(c1ccc(OCc3ccccc3F)c(OC)c1)C(C(N)=O)=C(C)N2. The first-order valence-corrected chi connectivity index (χ1v) is 11.3. The molecule has 0 saturated carbocycles. The predicted octanol–water partition coefficient (Wildman–Crippen LogP) is 3.89. The maximum absolute atomic E-state index is 14.0. The predicted molar refractivity (Wildman–Crippen MR) is 124 cm³/mol. The molecule has 1 unspecified atom stereocenters. The molecule has 8 nitrogen and oxygen atoms in total. The number of benzene rings is 2. The number of nitrogens with two attached hydrogens (primary N) is 1. The van der Waals surface area contributed by atoms with Crippen LogP contribution in [0, 0.1) is 5.82 Å². The van der Waals surface area contributed by atoms with E-state index in [0.717, 1.165) is 11.3 Å². The van der Waals surface area contributed by atoms with Gasteiger partial charge in [0.25, 0.3) is 0 Å². The summed E-state index contributed by atoms with van der Waals surface area (Å²) in [5.41, 5.74) is 7.88. The van der Waals surface area contributed by atoms with Gasteiger partial charge >= 0.3 is 0 Å². The molecule has 3 aromatic rings.